The van der Waals surface area contributed by atoms with E-state index >= 15 is 0 Å². The average molecular weight is 268 g/mol. The first-order valence-corrected chi connectivity index (χ1v) is 5.61. The summed E-state index contributed by atoms with van der Waals surface area (Å²) in [6, 6.07) is 5.50. The summed E-state index contributed by atoms with van der Waals surface area (Å²) in [5.41, 5.74) is 0.955. The Balaban J connectivity index is 2.37. The van der Waals surface area contributed by atoms with Crippen LogP contribution in [-0.4, -0.2) is 17.2 Å². The second-order valence-electron chi connectivity index (χ2n) is 3.73. The highest BCUT2D eigenvalue weighted by atomic mass is 35.5. The summed E-state index contributed by atoms with van der Waals surface area (Å²) in [5.74, 6) is 0.0875. The molecular weight excluding hydrogens is 257 g/mol. The number of aliphatic hydroxyl groups excluding tert-OH is 1. The van der Waals surface area contributed by atoms with Crippen LogP contribution in [-0.2, 0) is 0 Å². The van der Waals surface area contributed by atoms with Crippen LogP contribution in [0.3, 0.4) is 0 Å². The summed E-state index contributed by atoms with van der Waals surface area (Å²) < 4.78 is 18.0. The first kappa shape index (κ1) is 12.8. The Kier molecular flexibility index (Phi) is 3.79. The third kappa shape index (κ3) is 2.60. The van der Waals surface area contributed by atoms with Crippen LogP contribution in [0.25, 0.3) is 0 Å². The molecule has 18 heavy (non-hydrogen) atoms. The van der Waals surface area contributed by atoms with E-state index in [2.05, 4.69) is 4.98 Å². The molecule has 0 radical (unpaired) electrons. The molecule has 0 aliphatic heterocycles. The number of hydrogen-bond donors (Lipinski definition) is 1. The van der Waals surface area contributed by atoms with E-state index in [1.54, 1.807) is 6.07 Å². The van der Waals surface area contributed by atoms with Crippen molar-refractivity contribution >= 4 is 11.6 Å². The van der Waals surface area contributed by atoms with Gasteiger partial charge < -0.3 is 9.84 Å². The summed E-state index contributed by atoms with van der Waals surface area (Å²) >= 11 is 5.90. The molecule has 5 heteroatoms. The van der Waals surface area contributed by atoms with Crippen LogP contribution in [0.1, 0.15) is 17.2 Å². The molecule has 0 fully saturated rings. The molecule has 94 valence electrons. The predicted molar refractivity (Wildman–Crippen MR) is 66.3 cm³/mol. The van der Waals surface area contributed by atoms with Gasteiger partial charge in [-0.3, -0.25) is 4.98 Å². The van der Waals surface area contributed by atoms with Gasteiger partial charge in [-0.25, -0.2) is 4.39 Å². The molecule has 0 aliphatic carbocycles. The molecular formula is C13H11ClFNO2. The minimum absolute atomic E-state index is 0.172. The van der Waals surface area contributed by atoms with E-state index < -0.39 is 11.9 Å². The molecule has 1 aromatic carbocycles. The van der Waals surface area contributed by atoms with Gasteiger partial charge in [-0.05, 0) is 18.2 Å². The van der Waals surface area contributed by atoms with Crippen LogP contribution >= 0.6 is 11.6 Å². The fraction of sp³-hybridized carbons (Fsp3) is 0.154. The number of aliphatic hydroxyl groups is 1. The molecule has 1 N–H and O–H groups in total. The van der Waals surface area contributed by atoms with Crippen LogP contribution < -0.4 is 4.74 Å². The normalized spacial score (nSPS) is 12.2. The van der Waals surface area contributed by atoms with Gasteiger partial charge in [0.1, 0.15) is 17.7 Å². The van der Waals surface area contributed by atoms with Crippen LogP contribution in [0.15, 0.2) is 36.7 Å². The molecule has 0 bridgehead atoms. The number of pyridine rings is 1. The van der Waals surface area contributed by atoms with Gasteiger partial charge in [0.15, 0.2) is 0 Å². The first-order chi connectivity index (χ1) is 8.61. The zero-order chi connectivity index (χ0) is 13.1. The lowest BCUT2D eigenvalue weighted by Gasteiger charge is -2.13. The lowest BCUT2D eigenvalue weighted by Crippen LogP contribution is -2.02. The van der Waals surface area contributed by atoms with Crippen molar-refractivity contribution in [2.45, 2.75) is 6.10 Å². The van der Waals surface area contributed by atoms with E-state index in [0.29, 0.717) is 16.9 Å². The molecule has 3 nitrogen and oxygen atoms in total. The molecule has 0 saturated carbocycles. The number of ether oxygens (including phenoxy) is 1. The van der Waals surface area contributed by atoms with E-state index in [0.717, 1.165) is 6.07 Å². The topological polar surface area (TPSA) is 42.4 Å². The smallest absolute Gasteiger partial charge is 0.137 e. The standard InChI is InChI=1S/C13H11ClFNO2/c1-18-10-4-8(6-16-7-10)13(17)11-3-2-9(15)5-12(11)14/h2-7,13,17H,1H3. The second-order valence-corrected chi connectivity index (χ2v) is 4.13. The van der Waals surface area contributed by atoms with Crippen molar-refractivity contribution < 1.29 is 14.2 Å². The van der Waals surface area contributed by atoms with Crippen LogP contribution in [0.4, 0.5) is 4.39 Å². The fourth-order valence-corrected chi connectivity index (χ4v) is 1.87. The summed E-state index contributed by atoms with van der Waals surface area (Å²) in [6.45, 7) is 0. The van der Waals surface area contributed by atoms with Crippen molar-refractivity contribution in [3.63, 3.8) is 0 Å². The summed E-state index contributed by atoms with van der Waals surface area (Å²) in [4.78, 5) is 3.95. The van der Waals surface area contributed by atoms with Gasteiger partial charge in [-0.15, -0.1) is 0 Å². The Labute approximate surface area is 109 Å². The number of rotatable bonds is 3. The lowest BCUT2D eigenvalue weighted by atomic mass is 10.0. The van der Waals surface area contributed by atoms with Crippen LogP contribution in [0, 0.1) is 5.82 Å². The maximum absolute atomic E-state index is 12.9. The SMILES string of the molecule is COc1cncc(C(O)c2ccc(F)cc2Cl)c1. The lowest BCUT2D eigenvalue weighted by molar-refractivity contribution is 0.219. The molecule has 0 saturated heterocycles. The number of methoxy groups -OCH3 is 1. The first-order valence-electron chi connectivity index (χ1n) is 5.24. The van der Waals surface area contributed by atoms with E-state index in [4.69, 9.17) is 16.3 Å². The average Bonchev–Trinajstić information content (AvgIpc) is 2.38. The van der Waals surface area contributed by atoms with Gasteiger partial charge in [0.2, 0.25) is 0 Å². The Morgan fingerprint density at radius 2 is 2.11 bits per heavy atom. The van der Waals surface area contributed by atoms with Gasteiger partial charge in [-0.1, -0.05) is 17.7 Å². The molecule has 0 spiro atoms. The maximum atomic E-state index is 12.9. The molecule has 1 atom stereocenters. The molecule has 1 heterocycles. The minimum Gasteiger partial charge on any atom is -0.495 e. The molecule has 0 amide bonds. The number of aromatic nitrogens is 1. The van der Waals surface area contributed by atoms with Gasteiger partial charge in [-0.2, -0.15) is 0 Å². The summed E-state index contributed by atoms with van der Waals surface area (Å²) in [6.07, 6.45) is 2.07. The maximum Gasteiger partial charge on any atom is 0.137 e. The summed E-state index contributed by atoms with van der Waals surface area (Å²) in [5, 5.41) is 10.4. The van der Waals surface area contributed by atoms with Crippen molar-refractivity contribution in [1.29, 1.82) is 0 Å². The van der Waals surface area contributed by atoms with Gasteiger partial charge in [0.05, 0.1) is 13.3 Å². The van der Waals surface area contributed by atoms with Crippen molar-refractivity contribution in [1.82, 2.24) is 4.98 Å². The third-order valence-corrected chi connectivity index (χ3v) is 2.87. The molecule has 1 unspecified atom stereocenters. The summed E-state index contributed by atoms with van der Waals surface area (Å²) in [7, 11) is 1.51. The number of benzene rings is 1. The van der Waals surface area contributed by atoms with Gasteiger partial charge in [0, 0.05) is 22.3 Å². The van der Waals surface area contributed by atoms with Crippen molar-refractivity contribution in [3.05, 3.63) is 58.6 Å². The molecule has 0 aliphatic rings. The quantitative estimate of drug-likeness (QED) is 0.930. The van der Waals surface area contributed by atoms with E-state index in [1.165, 1.54) is 31.6 Å². The highest BCUT2D eigenvalue weighted by molar-refractivity contribution is 6.31. The molecule has 2 aromatic rings. The minimum atomic E-state index is -0.972. The number of nitrogens with zero attached hydrogens (tertiary/aromatic N) is 1. The Hall–Kier alpha value is -1.65. The number of halogens is 2. The van der Waals surface area contributed by atoms with Gasteiger partial charge >= 0.3 is 0 Å². The van der Waals surface area contributed by atoms with Crippen molar-refractivity contribution in [2.75, 3.05) is 7.11 Å². The van der Waals surface area contributed by atoms with E-state index in [1.807, 2.05) is 0 Å². The second kappa shape index (κ2) is 5.33. The van der Waals surface area contributed by atoms with Crippen molar-refractivity contribution in [2.24, 2.45) is 0 Å². The van der Waals surface area contributed by atoms with Crippen LogP contribution in [0.5, 0.6) is 5.75 Å². The zero-order valence-electron chi connectivity index (χ0n) is 9.60. The van der Waals surface area contributed by atoms with Crippen LogP contribution in [0.2, 0.25) is 5.02 Å². The predicted octanol–water partition coefficient (Wildman–Crippen LogP) is 2.96. The molecule has 2 rings (SSSR count). The largest absolute Gasteiger partial charge is 0.495 e. The Morgan fingerprint density at radius 3 is 2.78 bits per heavy atom. The number of hydrogen-bond acceptors (Lipinski definition) is 3. The van der Waals surface area contributed by atoms with Gasteiger partial charge in [0.25, 0.3) is 0 Å². The highest BCUT2D eigenvalue weighted by Gasteiger charge is 2.15. The van der Waals surface area contributed by atoms with E-state index in [-0.39, 0.29) is 5.02 Å². The fourth-order valence-electron chi connectivity index (χ4n) is 1.60. The highest BCUT2D eigenvalue weighted by Crippen LogP contribution is 2.29. The van der Waals surface area contributed by atoms with Crippen molar-refractivity contribution in [3.8, 4) is 5.75 Å². The Bertz CT molecular complexity index is 562. The molecule has 1 aromatic heterocycles. The monoisotopic (exact) mass is 267 g/mol. The third-order valence-electron chi connectivity index (χ3n) is 2.54. The van der Waals surface area contributed by atoms with E-state index in [9.17, 15) is 9.50 Å². The zero-order valence-corrected chi connectivity index (χ0v) is 10.4. The Morgan fingerprint density at radius 1 is 1.33 bits per heavy atom.